The summed E-state index contributed by atoms with van der Waals surface area (Å²) in [4.78, 5) is 5.95. The fraction of sp³-hybridized carbons (Fsp3) is 0.409. The molecule has 0 spiro atoms. The fourth-order valence-corrected chi connectivity index (χ4v) is 4.35. The Kier molecular flexibility index (Phi) is 5.34. The van der Waals surface area contributed by atoms with E-state index >= 15 is 0 Å². The van der Waals surface area contributed by atoms with Crippen LogP contribution in [0.5, 0.6) is 0 Å². The van der Waals surface area contributed by atoms with E-state index in [1.807, 2.05) is 25.1 Å². The van der Waals surface area contributed by atoms with Gasteiger partial charge in [0.05, 0.1) is 0 Å². The fourth-order valence-electron chi connectivity index (χ4n) is 4.18. The molecule has 1 aliphatic heterocycles. The summed E-state index contributed by atoms with van der Waals surface area (Å²) in [7, 11) is 2.13. The molecule has 0 saturated carbocycles. The highest BCUT2D eigenvalue weighted by Gasteiger charge is 2.32. The summed E-state index contributed by atoms with van der Waals surface area (Å²) in [5, 5.41) is 1.90. The Labute approximate surface area is 173 Å². The van der Waals surface area contributed by atoms with Gasteiger partial charge in [0, 0.05) is 59.8 Å². The van der Waals surface area contributed by atoms with Crippen LogP contribution in [-0.4, -0.2) is 34.6 Å². The van der Waals surface area contributed by atoms with Gasteiger partial charge in [-0.15, -0.1) is 0 Å². The summed E-state index contributed by atoms with van der Waals surface area (Å²) in [5.41, 5.74) is 3.72. The maximum atomic E-state index is 12.8. The van der Waals surface area contributed by atoms with Crippen molar-refractivity contribution in [2.24, 2.45) is 0 Å². The molecule has 0 N–H and O–H groups in total. The Bertz CT molecular complexity index is 1020. The maximum Gasteiger partial charge on any atom is 0.433 e. The number of hydrogen-bond donors (Lipinski definition) is 0. The summed E-state index contributed by atoms with van der Waals surface area (Å²) >= 11 is 6.27. The van der Waals surface area contributed by atoms with Gasteiger partial charge in [0.15, 0.2) is 0 Å². The summed E-state index contributed by atoms with van der Waals surface area (Å²) in [6.07, 6.45) is -1.16. The van der Waals surface area contributed by atoms with Crippen LogP contribution in [0.25, 0.3) is 10.9 Å². The van der Waals surface area contributed by atoms with Crippen molar-refractivity contribution in [2.75, 3.05) is 20.1 Å². The third-order valence-electron chi connectivity index (χ3n) is 5.82. The van der Waals surface area contributed by atoms with Crippen molar-refractivity contribution in [1.29, 1.82) is 0 Å². The molecule has 7 heteroatoms. The lowest BCUT2D eigenvalue weighted by atomic mass is 10.0. The number of likely N-dealkylation sites (N-methyl/N-ethyl adjacent to an activating group) is 1. The highest BCUT2D eigenvalue weighted by atomic mass is 35.5. The first-order valence-corrected chi connectivity index (χ1v) is 10.1. The topological polar surface area (TPSA) is 21.1 Å². The minimum Gasteiger partial charge on any atom is -0.344 e. The van der Waals surface area contributed by atoms with Crippen LogP contribution < -0.4 is 0 Å². The smallest absolute Gasteiger partial charge is 0.344 e. The van der Waals surface area contributed by atoms with Crippen molar-refractivity contribution in [3.05, 3.63) is 64.1 Å². The zero-order valence-electron chi connectivity index (χ0n) is 16.4. The van der Waals surface area contributed by atoms with Gasteiger partial charge in [0.2, 0.25) is 0 Å². The van der Waals surface area contributed by atoms with Crippen LogP contribution in [0.3, 0.4) is 0 Å². The molecule has 0 fully saturated rings. The Hall–Kier alpha value is -2.05. The van der Waals surface area contributed by atoms with Crippen LogP contribution in [0.4, 0.5) is 13.2 Å². The Morgan fingerprint density at radius 2 is 1.90 bits per heavy atom. The first-order valence-electron chi connectivity index (χ1n) is 9.75. The zero-order valence-corrected chi connectivity index (χ0v) is 17.2. The third-order valence-corrected chi connectivity index (χ3v) is 6.06. The highest BCUT2D eigenvalue weighted by molar-refractivity contribution is 6.31. The monoisotopic (exact) mass is 421 g/mol. The first kappa shape index (κ1) is 20.2. The predicted molar refractivity (Wildman–Crippen MR) is 110 cm³/mol. The molecule has 29 heavy (non-hydrogen) atoms. The molecule has 3 nitrogen and oxygen atoms in total. The average Bonchev–Trinajstić information content (AvgIpc) is 2.81. The molecule has 0 aliphatic carbocycles. The summed E-state index contributed by atoms with van der Waals surface area (Å²) in [6.45, 7) is 4.69. The lowest BCUT2D eigenvalue weighted by Gasteiger charge is -2.18. The van der Waals surface area contributed by atoms with Crippen LogP contribution in [-0.2, 0) is 25.6 Å². The second-order valence-electron chi connectivity index (χ2n) is 7.88. The summed E-state index contributed by atoms with van der Waals surface area (Å²) < 4.78 is 40.8. The van der Waals surface area contributed by atoms with Crippen molar-refractivity contribution < 1.29 is 13.2 Å². The number of nitrogens with zero attached hydrogens (tertiary/aromatic N) is 3. The van der Waals surface area contributed by atoms with Crippen LogP contribution in [0.15, 0.2) is 36.5 Å². The van der Waals surface area contributed by atoms with Gasteiger partial charge in [-0.25, -0.2) is 0 Å². The molecule has 1 unspecified atom stereocenters. The van der Waals surface area contributed by atoms with Gasteiger partial charge >= 0.3 is 6.18 Å². The molecule has 0 bridgehead atoms. The number of pyridine rings is 1. The van der Waals surface area contributed by atoms with Crippen molar-refractivity contribution >= 4 is 22.5 Å². The number of fused-ring (bicyclic) bond motifs is 3. The Balaban J connectivity index is 1.70. The SMILES string of the molecule is CC(Cn1c2c(c3cc(Cl)ccc31)CCN(C)CC2)c1ccc(C(F)(F)F)nc1. The van der Waals surface area contributed by atoms with Gasteiger partial charge in [0.1, 0.15) is 5.69 Å². The predicted octanol–water partition coefficient (Wildman–Crippen LogP) is 5.54. The van der Waals surface area contributed by atoms with Gasteiger partial charge in [-0.05, 0) is 48.9 Å². The number of aromatic nitrogens is 2. The number of rotatable bonds is 3. The van der Waals surface area contributed by atoms with Gasteiger partial charge < -0.3 is 9.47 Å². The molecule has 1 aliphatic rings. The van der Waals surface area contributed by atoms with E-state index in [2.05, 4.69) is 21.5 Å². The van der Waals surface area contributed by atoms with Crippen LogP contribution in [0.2, 0.25) is 5.02 Å². The minimum atomic E-state index is -4.42. The molecule has 1 atom stereocenters. The molecule has 2 aromatic heterocycles. The zero-order chi connectivity index (χ0) is 20.8. The number of benzene rings is 1. The Morgan fingerprint density at radius 3 is 2.59 bits per heavy atom. The Morgan fingerprint density at radius 1 is 1.14 bits per heavy atom. The summed E-state index contributed by atoms with van der Waals surface area (Å²) in [5.74, 6) is 0.0288. The minimum absolute atomic E-state index is 0.0288. The van der Waals surface area contributed by atoms with E-state index in [1.165, 1.54) is 28.9 Å². The second-order valence-corrected chi connectivity index (χ2v) is 8.31. The van der Waals surface area contributed by atoms with Crippen LogP contribution >= 0.6 is 11.6 Å². The number of hydrogen-bond acceptors (Lipinski definition) is 2. The maximum absolute atomic E-state index is 12.8. The largest absolute Gasteiger partial charge is 0.433 e. The number of alkyl halides is 3. The number of halogens is 4. The molecule has 3 heterocycles. The van der Waals surface area contributed by atoms with E-state index in [4.69, 9.17) is 11.6 Å². The molecule has 4 rings (SSSR count). The average molecular weight is 422 g/mol. The summed E-state index contributed by atoms with van der Waals surface area (Å²) in [6, 6.07) is 8.58. The third kappa shape index (κ3) is 4.01. The van der Waals surface area contributed by atoms with E-state index in [0.29, 0.717) is 6.54 Å². The highest BCUT2D eigenvalue weighted by Crippen LogP contribution is 2.33. The van der Waals surface area contributed by atoms with Crippen molar-refractivity contribution in [2.45, 2.75) is 38.4 Å². The van der Waals surface area contributed by atoms with E-state index in [-0.39, 0.29) is 5.92 Å². The molecule has 0 saturated heterocycles. The molecule has 1 aromatic carbocycles. The molecule has 3 aromatic rings. The van der Waals surface area contributed by atoms with Crippen LogP contribution in [0.1, 0.15) is 35.4 Å². The van der Waals surface area contributed by atoms with E-state index in [0.717, 1.165) is 48.1 Å². The molecule has 154 valence electrons. The first-order chi connectivity index (χ1) is 13.7. The van der Waals surface area contributed by atoms with Gasteiger partial charge in [-0.3, -0.25) is 4.98 Å². The molecule has 0 radical (unpaired) electrons. The van der Waals surface area contributed by atoms with E-state index in [9.17, 15) is 13.2 Å². The normalized spacial score (nSPS) is 16.6. The lowest BCUT2D eigenvalue weighted by Crippen LogP contribution is -2.21. The lowest BCUT2D eigenvalue weighted by molar-refractivity contribution is -0.141. The van der Waals surface area contributed by atoms with Crippen molar-refractivity contribution in [3.8, 4) is 0 Å². The quantitative estimate of drug-likeness (QED) is 0.553. The standard InChI is InChI=1S/C22H23ClF3N3/c1-14(15-3-6-21(27-12-15)22(24,25)26)13-29-19-5-4-16(23)11-18(19)17-7-9-28(2)10-8-20(17)29/h3-6,11-12,14H,7-10,13H2,1-2H3. The van der Waals surface area contributed by atoms with Crippen molar-refractivity contribution in [1.82, 2.24) is 14.5 Å². The molecular formula is C22H23ClF3N3. The van der Waals surface area contributed by atoms with Gasteiger partial charge in [-0.1, -0.05) is 24.6 Å². The van der Waals surface area contributed by atoms with E-state index in [1.54, 1.807) is 0 Å². The second kappa shape index (κ2) is 7.65. The molecular weight excluding hydrogens is 399 g/mol. The molecule has 0 amide bonds. The van der Waals surface area contributed by atoms with Crippen LogP contribution in [0, 0.1) is 0 Å². The van der Waals surface area contributed by atoms with Crippen molar-refractivity contribution in [3.63, 3.8) is 0 Å². The van der Waals surface area contributed by atoms with Gasteiger partial charge in [0.25, 0.3) is 0 Å². The van der Waals surface area contributed by atoms with Gasteiger partial charge in [-0.2, -0.15) is 13.2 Å². The van der Waals surface area contributed by atoms with E-state index < -0.39 is 11.9 Å².